The lowest BCUT2D eigenvalue weighted by Crippen LogP contribution is -2.41. The molecule has 0 aromatic heterocycles. The molecule has 2 rings (SSSR count). The molecule has 1 aromatic rings. The lowest BCUT2D eigenvalue weighted by atomic mass is 9.76. The van der Waals surface area contributed by atoms with Crippen molar-refractivity contribution in [1.82, 2.24) is 5.32 Å². The summed E-state index contributed by atoms with van der Waals surface area (Å²) in [6.07, 6.45) is 3.12. The van der Waals surface area contributed by atoms with Gasteiger partial charge >= 0.3 is 0 Å². The summed E-state index contributed by atoms with van der Waals surface area (Å²) in [5.74, 6) is -0.146. The third-order valence-electron chi connectivity index (χ3n) is 3.83. The average molecular weight is 251 g/mol. The average Bonchev–Trinajstić information content (AvgIpc) is 2.35. The summed E-state index contributed by atoms with van der Waals surface area (Å²) in [4.78, 5) is 0. The summed E-state index contributed by atoms with van der Waals surface area (Å²) in [6.45, 7) is 4.59. The van der Waals surface area contributed by atoms with Gasteiger partial charge in [-0.3, -0.25) is 0 Å². The van der Waals surface area contributed by atoms with Crippen molar-refractivity contribution in [3.05, 3.63) is 35.1 Å². The van der Waals surface area contributed by atoms with Crippen LogP contribution in [-0.2, 0) is 11.2 Å². The van der Waals surface area contributed by atoms with Crippen LogP contribution in [0.5, 0.6) is 0 Å². The smallest absolute Gasteiger partial charge is 0.123 e. The standard InChI is InChI=1S/C15H22FNO/c1-12-4-5-14(16)8-13(12)9-15(10-17-2)6-3-7-18-11-15/h4-5,8,17H,3,6-7,9-11H2,1-2H3. The van der Waals surface area contributed by atoms with E-state index < -0.39 is 0 Å². The Bertz CT molecular complexity index is 394. The van der Waals surface area contributed by atoms with E-state index in [4.69, 9.17) is 4.74 Å². The summed E-state index contributed by atoms with van der Waals surface area (Å²) >= 11 is 0. The maximum atomic E-state index is 13.4. The SMILES string of the molecule is CNCC1(Cc2cc(F)ccc2C)CCCOC1. The zero-order chi connectivity index (χ0) is 13.0. The Hall–Kier alpha value is -0.930. The highest BCUT2D eigenvalue weighted by atomic mass is 19.1. The molecule has 0 aliphatic carbocycles. The van der Waals surface area contributed by atoms with Gasteiger partial charge in [0, 0.05) is 18.6 Å². The fourth-order valence-corrected chi connectivity index (χ4v) is 2.86. The van der Waals surface area contributed by atoms with Crippen molar-refractivity contribution >= 4 is 0 Å². The topological polar surface area (TPSA) is 21.3 Å². The third kappa shape index (κ3) is 3.09. The molecule has 1 fully saturated rings. The first kappa shape index (κ1) is 13.5. The molecule has 1 aromatic carbocycles. The zero-order valence-electron chi connectivity index (χ0n) is 11.3. The lowest BCUT2D eigenvalue weighted by Gasteiger charge is -2.37. The van der Waals surface area contributed by atoms with Crippen LogP contribution in [0.4, 0.5) is 4.39 Å². The molecule has 100 valence electrons. The number of ether oxygens (including phenoxy) is 1. The van der Waals surface area contributed by atoms with E-state index in [0.29, 0.717) is 0 Å². The van der Waals surface area contributed by atoms with Crippen LogP contribution >= 0.6 is 0 Å². The van der Waals surface area contributed by atoms with Crippen LogP contribution in [0.2, 0.25) is 0 Å². The molecular formula is C15H22FNO. The summed E-state index contributed by atoms with van der Waals surface area (Å²) < 4.78 is 19.0. The molecule has 0 spiro atoms. The molecule has 0 bridgehead atoms. The van der Waals surface area contributed by atoms with Crippen LogP contribution in [0.25, 0.3) is 0 Å². The molecule has 0 amide bonds. The van der Waals surface area contributed by atoms with Gasteiger partial charge in [0.05, 0.1) is 6.61 Å². The van der Waals surface area contributed by atoms with Gasteiger partial charge in [-0.2, -0.15) is 0 Å². The van der Waals surface area contributed by atoms with Crippen LogP contribution in [0.1, 0.15) is 24.0 Å². The summed E-state index contributed by atoms with van der Waals surface area (Å²) in [6, 6.07) is 5.06. The molecule has 1 atom stereocenters. The van der Waals surface area contributed by atoms with Gasteiger partial charge in [-0.05, 0) is 56.5 Å². The molecule has 0 saturated carbocycles. The Labute approximate surface area is 109 Å². The quantitative estimate of drug-likeness (QED) is 0.888. The first-order chi connectivity index (χ1) is 8.65. The van der Waals surface area contributed by atoms with Crippen LogP contribution in [-0.4, -0.2) is 26.8 Å². The fourth-order valence-electron chi connectivity index (χ4n) is 2.86. The van der Waals surface area contributed by atoms with E-state index in [1.54, 1.807) is 6.07 Å². The fraction of sp³-hybridized carbons (Fsp3) is 0.600. The van der Waals surface area contributed by atoms with E-state index in [-0.39, 0.29) is 11.2 Å². The lowest BCUT2D eigenvalue weighted by molar-refractivity contribution is -0.00633. The van der Waals surface area contributed by atoms with Crippen LogP contribution in [0, 0.1) is 18.2 Å². The second-order valence-electron chi connectivity index (χ2n) is 5.43. The first-order valence-electron chi connectivity index (χ1n) is 6.63. The van der Waals surface area contributed by atoms with Gasteiger partial charge in [0.15, 0.2) is 0 Å². The molecule has 1 aliphatic heterocycles. The molecule has 1 heterocycles. The van der Waals surface area contributed by atoms with Crippen molar-refractivity contribution in [2.24, 2.45) is 5.41 Å². The minimum Gasteiger partial charge on any atom is -0.381 e. The number of aryl methyl sites for hydroxylation is 1. The van der Waals surface area contributed by atoms with E-state index >= 15 is 0 Å². The molecule has 2 nitrogen and oxygen atoms in total. The van der Waals surface area contributed by atoms with Gasteiger partial charge in [-0.1, -0.05) is 6.07 Å². The molecular weight excluding hydrogens is 229 g/mol. The monoisotopic (exact) mass is 251 g/mol. The molecule has 3 heteroatoms. The van der Waals surface area contributed by atoms with Crippen molar-refractivity contribution in [1.29, 1.82) is 0 Å². The molecule has 1 saturated heterocycles. The Morgan fingerprint density at radius 3 is 2.94 bits per heavy atom. The van der Waals surface area contributed by atoms with Crippen molar-refractivity contribution in [3.8, 4) is 0 Å². The van der Waals surface area contributed by atoms with Crippen LogP contribution < -0.4 is 5.32 Å². The van der Waals surface area contributed by atoms with Crippen molar-refractivity contribution in [2.45, 2.75) is 26.2 Å². The second-order valence-corrected chi connectivity index (χ2v) is 5.43. The third-order valence-corrected chi connectivity index (χ3v) is 3.83. The number of hydrogen-bond acceptors (Lipinski definition) is 2. The van der Waals surface area contributed by atoms with E-state index in [1.807, 2.05) is 20.0 Å². The van der Waals surface area contributed by atoms with Gasteiger partial charge < -0.3 is 10.1 Å². The normalized spacial score (nSPS) is 24.2. The van der Waals surface area contributed by atoms with Gasteiger partial charge in [0.25, 0.3) is 0 Å². The minimum atomic E-state index is -0.146. The van der Waals surface area contributed by atoms with Gasteiger partial charge in [0.2, 0.25) is 0 Å². The largest absolute Gasteiger partial charge is 0.381 e. The van der Waals surface area contributed by atoms with Gasteiger partial charge in [0.1, 0.15) is 5.82 Å². The number of rotatable bonds is 4. The highest BCUT2D eigenvalue weighted by Gasteiger charge is 2.32. The molecule has 1 unspecified atom stereocenters. The van der Waals surface area contributed by atoms with Crippen LogP contribution in [0.15, 0.2) is 18.2 Å². The van der Waals surface area contributed by atoms with E-state index in [9.17, 15) is 4.39 Å². The maximum absolute atomic E-state index is 13.4. The number of hydrogen-bond donors (Lipinski definition) is 1. The van der Waals surface area contributed by atoms with Gasteiger partial charge in [-0.25, -0.2) is 4.39 Å². The van der Waals surface area contributed by atoms with E-state index in [1.165, 1.54) is 6.07 Å². The summed E-state index contributed by atoms with van der Waals surface area (Å²) in [5.41, 5.74) is 2.39. The number of halogens is 1. The van der Waals surface area contributed by atoms with Crippen molar-refractivity contribution in [2.75, 3.05) is 26.8 Å². The van der Waals surface area contributed by atoms with Crippen molar-refractivity contribution < 1.29 is 9.13 Å². The second kappa shape index (κ2) is 5.81. The Balaban J connectivity index is 2.19. The molecule has 0 radical (unpaired) electrons. The molecule has 1 aliphatic rings. The highest BCUT2D eigenvalue weighted by Crippen LogP contribution is 2.33. The number of benzene rings is 1. The minimum absolute atomic E-state index is 0.117. The highest BCUT2D eigenvalue weighted by molar-refractivity contribution is 5.28. The summed E-state index contributed by atoms with van der Waals surface area (Å²) in [7, 11) is 1.97. The van der Waals surface area contributed by atoms with Gasteiger partial charge in [-0.15, -0.1) is 0 Å². The molecule has 18 heavy (non-hydrogen) atoms. The first-order valence-corrected chi connectivity index (χ1v) is 6.63. The predicted molar refractivity (Wildman–Crippen MR) is 71.3 cm³/mol. The van der Waals surface area contributed by atoms with E-state index in [0.717, 1.165) is 50.1 Å². The van der Waals surface area contributed by atoms with Crippen LogP contribution in [0.3, 0.4) is 0 Å². The molecule has 1 N–H and O–H groups in total. The Kier molecular flexibility index (Phi) is 4.36. The Morgan fingerprint density at radius 1 is 1.44 bits per heavy atom. The van der Waals surface area contributed by atoms with E-state index in [2.05, 4.69) is 5.32 Å². The van der Waals surface area contributed by atoms with Crippen molar-refractivity contribution in [3.63, 3.8) is 0 Å². The predicted octanol–water partition coefficient (Wildman–Crippen LogP) is 2.69. The number of nitrogens with one attached hydrogen (secondary N) is 1. The zero-order valence-corrected chi connectivity index (χ0v) is 11.3. The Morgan fingerprint density at radius 2 is 2.28 bits per heavy atom. The maximum Gasteiger partial charge on any atom is 0.123 e. The summed E-state index contributed by atoms with van der Waals surface area (Å²) in [5, 5.41) is 3.26.